The van der Waals surface area contributed by atoms with Crippen molar-refractivity contribution in [3.8, 4) is 50.4 Å². The van der Waals surface area contributed by atoms with Gasteiger partial charge in [-0.15, -0.1) is 68.0 Å². The molecule has 0 saturated heterocycles. The Bertz CT molecular complexity index is 9540. The van der Waals surface area contributed by atoms with E-state index in [4.69, 9.17) is 19.7 Å². The molecule has 0 amide bonds. The fourth-order valence-electron chi connectivity index (χ4n) is 20.4. The Kier molecular flexibility index (Phi) is 17.6. The van der Waals surface area contributed by atoms with Gasteiger partial charge in [-0.2, -0.15) is 0 Å². The lowest BCUT2D eigenvalue weighted by atomic mass is 9.97. The molecule has 0 N–H and O–H groups in total. The Morgan fingerprint density at radius 2 is 0.504 bits per heavy atom. The molecule has 0 unspecified atom stereocenters. The second kappa shape index (κ2) is 29.6. The average molecular weight is 1750 g/mol. The maximum absolute atomic E-state index is 8.06. The lowest BCUT2D eigenvalue weighted by Crippen LogP contribution is -1.94. The highest BCUT2D eigenvalue weighted by atomic mass is 32.1. The zero-order chi connectivity index (χ0) is 86.5. The monoisotopic (exact) mass is 1750 g/mol. The maximum Gasteiger partial charge on any atom is 0.204 e. The minimum absolute atomic E-state index is 0.710. The highest BCUT2D eigenvalue weighted by Crippen LogP contribution is 2.55. The maximum atomic E-state index is 8.06. The summed E-state index contributed by atoms with van der Waals surface area (Å²) in [7, 11) is 0. The third-order valence-electron chi connectivity index (χ3n) is 26.2. The minimum Gasteiger partial charge on any atom is -0.308 e. The largest absolute Gasteiger partial charge is 0.308 e. The standard InChI is InChI=1S/3C39H24N2S2/c1-22-14-18-32-29(20-22)30-21-23(2)15-19-33(30)41(32)34-12-7-11-28-36-25(16-17-31(40-3)39(36)43-38(28)34)27-10-6-9-26-24-8-4-5-13-35(24)42-37(26)27;1-22-11-16-32-28(19-22)29-20-23(2)12-17-33(29)41(32)34-9-6-8-27-37-25(14-15-31(40-3)39(37)43-38(27)34)24-13-18-36-30(21-24)26-7-4-5-10-35(26)42-36;1-22-11-17-32-29(19-22)30-20-23(2)12-18-33(30)41(32)34-9-6-8-28-37-25(15-16-31(40-3)39(37)43-38(28)34)24-13-14-27-26-7-4-5-10-35(26)42-36(27)21-24/h3*4-21H,1-2H3. The molecule has 0 fully saturated rings. The van der Waals surface area contributed by atoms with Gasteiger partial charge in [-0.25, -0.2) is 14.5 Å². The van der Waals surface area contributed by atoms with Crippen molar-refractivity contribution in [1.82, 2.24) is 13.7 Å². The number of rotatable bonds is 6. The van der Waals surface area contributed by atoms with E-state index in [0.717, 1.165) is 31.2 Å². The van der Waals surface area contributed by atoms with Gasteiger partial charge in [-0.1, -0.05) is 234 Å². The topological polar surface area (TPSA) is 27.9 Å². The fourth-order valence-corrected chi connectivity index (χ4v) is 27.7. The summed E-state index contributed by atoms with van der Waals surface area (Å²) < 4.78 is 21.8. The van der Waals surface area contributed by atoms with Gasteiger partial charge in [-0.05, 0) is 213 Å². The molecule has 0 spiro atoms. The van der Waals surface area contributed by atoms with Gasteiger partial charge in [-0.3, -0.25) is 0 Å². The van der Waals surface area contributed by atoms with Crippen LogP contribution < -0.4 is 0 Å². The van der Waals surface area contributed by atoms with Gasteiger partial charge in [0.1, 0.15) is 0 Å². The summed E-state index contributed by atoms with van der Waals surface area (Å²) in [5.74, 6) is 0. The molecule has 18 aromatic carbocycles. The molecule has 12 heteroatoms. The number of thiophene rings is 6. The predicted molar refractivity (Wildman–Crippen MR) is 563 cm³/mol. The van der Waals surface area contributed by atoms with Crippen LogP contribution in [0, 0.1) is 61.3 Å². The molecule has 0 aliphatic heterocycles. The van der Waals surface area contributed by atoms with Crippen molar-refractivity contribution in [2.45, 2.75) is 41.5 Å². The van der Waals surface area contributed by atoms with Crippen LogP contribution in [0.5, 0.6) is 0 Å². The Hall–Kier alpha value is -14.9. The van der Waals surface area contributed by atoms with Gasteiger partial charge in [0, 0.05) is 129 Å². The van der Waals surface area contributed by atoms with Crippen LogP contribution in [0.4, 0.5) is 17.1 Å². The van der Waals surface area contributed by atoms with Gasteiger partial charge in [0.15, 0.2) is 0 Å². The SMILES string of the molecule is [C-]#[N+]c1ccc(-c2ccc3c(c2)sc2ccccc23)c2c1sc1c(-n3c4ccc(C)cc4c4cc(C)ccc43)cccc12.[C-]#[N+]c1ccc(-c2ccc3sc4ccccc4c3c2)c2c1sc1c(-n3c4ccc(C)cc4c4cc(C)ccc43)cccc12.[C-]#[N+]c1ccc(-c2cccc3c2sc2ccccc23)c2c1sc1c(-n3c4ccc(C)cc4c4cc(C)ccc43)cccc12. The number of benzene rings is 18. The first-order valence-corrected chi connectivity index (χ1v) is 48.0. The number of fused-ring (bicyclic) bond motifs is 27. The molecular weight excluding hydrogens is 1680 g/mol. The molecule has 0 aliphatic carbocycles. The van der Waals surface area contributed by atoms with E-state index in [1.54, 1.807) is 34.0 Å². The second-order valence-corrected chi connectivity index (χ2v) is 40.4. The van der Waals surface area contributed by atoms with E-state index < -0.39 is 0 Å². The summed E-state index contributed by atoms with van der Waals surface area (Å²) in [5.41, 5.74) is 27.6. The van der Waals surface area contributed by atoms with Crippen LogP contribution in [0.15, 0.2) is 328 Å². The molecule has 6 nitrogen and oxygen atoms in total. The molecule has 27 rings (SSSR count). The summed E-state index contributed by atoms with van der Waals surface area (Å²) in [6.45, 7) is 37.1. The lowest BCUT2D eigenvalue weighted by molar-refractivity contribution is 1.20. The number of hydrogen-bond donors (Lipinski definition) is 0. The van der Waals surface area contributed by atoms with Gasteiger partial charge >= 0.3 is 0 Å². The smallest absolute Gasteiger partial charge is 0.204 e. The first-order chi connectivity index (χ1) is 63.3. The number of aromatic nitrogens is 3. The van der Waals surface area contributed by atoms with E-state index in [2.05, 4.69) is 379 Å². The van der Waals surface area contributed by atoms with Crippen LogP contribution >= 0.6 is 68.0 Å². The summed E-state index contributed by atoms with van der Waals surface area (Å²) in [6.07, 6.45) is 0. The van der Waals surface area contributed by atoms with Crippen molar-refractivity contribution in [3.05, 3.63) is 395 Å². The fraction of sp³-hybridized carbons (Fsp3) is 0.0513. The van der Waals surface area contributed by atoms with E-state index in [1.807, 2.05) is 52.2 Å². The summed E-state index contributed by atoms with van der Waals surface area (Å²) in [4.78, 5) is 11.9. The zero-order valence-corrected chi connectivity index (χ0v) is 75.7. The third-order valence-corrected chi connectivity index (χ3v) is 33.5. The van der Waals surface area contributed by atoms with Crippen LogP contribution in [0.3, 0.4) is 0 Å². The lowest BCUT2D eigenvalue weighted by Gasteiger charge is -2.10. The first-order valence-electron chi connectivity index (χ1n) is 43.1. The number of aryl methyl sites for hydroxylation is 6. The van der Waals surface area contributed by atoms with Crippen molar-refractivity contribution < 1.29 is 0 Å². The molecular formula is C117H72N6S6. The number of nitrogens with zero attached hydrogens (tertiary/aromatic N) is 6. The minimum atomic E-state index is 0.710. The molecule has 606 valence electrons. The Labute approximate surface area is 765 Å². The Balaban J connectivity index is 0.000000105. The quantitative estimate of drug-likeness (QED) is 0.148. The summed E-state index contributed by atoms with van der Waals surface area (Å²) >= 11 is 10.8. The molecule has 0 bridgehead atoms. The van der Waals surface area contributed by atoms with Crippen LogP contribution in [-0.4, -0.2) is 13.7 Å². The third kappa shape index (κ3) is 11.9. The van der Waals surface area contributed by atoms with Gasteiger partial charge in [0.25, 0.3) is 0 Å². The molecule has 9 heterocycles. The van der Waals surface area contributed by atoms with E-state index in [0.29, 0.717) is 17.1 Å². The van der Waals surface area contributed by atoms with E-state index in [1.165, 1.54) is 239 Å². The van der Waals surface area contributed by atoms with Crippen molar-refractivity contribution in [3.63, 3.8) is 0 Å². The van der Waals surface area contributed by atoms with Gasteiger partial charge in [0.2, 0.25) is 17.1 Å². The Morgan fingerprint density at radius 3 is 0.915 bits per heavy atom. The van der Waals surface area contributed by atoms with Crippen LogP contribution in [0.2, 0.25) is 0 Å². The molecule has 0 aliphatic rings. The van der Waals surface area contributed by atoms with E-state index in [-0.39, 0.29) is 0 Å². The summed E-state index contributed by atoms with van der Waals surface area (Å²) in [5, 5.41) is 22.5. The van der Waals surface area contributed by atoms with E-state index in [9.17, 15) is 0 Å². The van der Waals surface area contributed by atoms with Crippen LogP contribution in [0.25, 0.3) is 251 Å². The van der Waals surface area contributed by atoms with Crippen LogP contribution in [-0.2, 0) is 0 Å². The van der Waals surface area contributed by atoms with Crippen molar-refractivity contribution >= 4 is 272 Å². The van der Waals surface area contributed by atoms with Crippen molar-refractivity contribution in [1.29, 1.82) is 0 Å². The van der Waals surface area contributed by atoms with Crippen molar-refractivity contribution in [2.75, 3.05) is 0 Å². The molecule has 0 atom stereocenters. The van der Waals surface area contributed by atoms with Crippen LogP contribution in [0.1, 0.15) is 33.4 Å². The zero-order valence-electron chi connectivity index (χ0n) is 70.8. The van der Waals surface area contributed by atoms with Gasteiger partial charge in [0.05, 0.1) is 84.0 Å². The highest BCUT2D eigenvalue weighted by molar-refractivity contribution is 7.29. The molecule has 0 radical (unpaired) electrons. The average Bonchev–Trinajstić information content (AvgIpc) is 1.57. The molecule has 129 heavy (non-hydrogen) atoms. The first kappa shape index (κ1) is 76.6. The summed E-state index contributed by atoms with van der Waals surface area (Å²) in [6, 6.07) is 119. The highest BCUT2D eigenvalue weighted by Gasteiger charge is 2.27. The van der Waals surface area contributed by atoms with Gasteiger partial charge < -0.3 is 13.7 Å². The molecule has 9 aromatic heterocycles. The second-order valence-electron chi connectivity index (χ2n) is 34.1. The molecule has 27 aromatic rings. The van der Waals surface area contributed by atoms with E-state index >= 15 is 0 Å². The predicted octanol–water partition coefficient (Wildman–Crippen LogP) is 37.1. The molecule has 0 saturated carbocycles. The normalized spacial score (nSPS) is 11.9. The van der Waals surface area contributed by atoms with Crippen molar-refractivity contribution in [2.24, 2.45) is 0 Å². The number of hydrogen-bond acceptors (Lipinski definition) is 6. The Morgan fingerprint density at radius 1 is 0.194 bits per heavy atom.